The van der Waals surface area contributed by atoms with Crippen molar-refractivity contribution in [3.05, 3.63) is 54.7 Å². The van der Waals surface area contributed by atoms with Crippen LogP contribution in [0.2, 0.25) is 0 Å². The average molecular weight is 266 g/mol. The number of aromatic nitrogens is 1. The summed E-state index contributed by atoms with van der Waals surface area (Å²) in [6.07, 6.45) is 1.66. The molecule has 0 atom stereocenters. The van der Waals surface area contributed by atoms with Crippen LogP contribution >= 0.6 is 0 Å². The largest absolute Gasteiger partial charge is 0.497 e. The van der Waals surface area contributed by atoms with Crippen LogP contribution < -0.4 is 9.47 Å². The minimum Gasteiger partial charge on any atom is -0.497 e. The zero-order valence-corrected chi connectivity index (χ0v) is 10.9. The molecule has 0 bridgehead atoms. The van der Waals surface area contributed by atoms with Gasteiger partial charge in [0, 0.05) is 6.20 Å². The first-order valence-corrected chi connectivity index (χ1v) is 6.14. The van der Waals surface area contributed by atoms with Crippen LogP contribution in [0.15, 0.2) is 54.7 Å². The molecule has 1 radical (unpaired) electrons. The Balaban J connectivity index is 1.95. The molecule has 0 N–H and O–H groups in total. The summed E-state index contributed by atoms with van der Waals surface area (Å²) in [5.41, 5.74) is 0.666. The van der Waals surface area contributed by atoms with Crippen molar-refractivity contribution in [3.63, 3.8) is 0 Å². The molecule has 0 aliphatic carbocycles. The average Bonchev–Trinajstić information content (AvgIpc) is 2.51. The van der Waals surface area contributed by atoms with Gasteiger partial charge in [-0.2, -0.15) is 0 Å². The van der Waals surface area contributed by atoms with Gasteiger partial charge in [0.2, 0.25) is 5.75 Å². The van der Waals surface area contributed by atoms with E-state index in [2.05, 4.69) is 4.98 Å². The highest BCUT2D eigenvalue weighted by molar-refractivity contribution is 5.87. The fourth-order valence-electron chi connectivity index (χ4n) is 1.96. The number of hydrogen-bond acceptors (Lipinski definition) is 3. The van der Waals surface area contributed by atoms with Gasteiger partial charge in [-0.05, 0) is 48.5 Å². The maximum atomic E-state index is 12.3. The summed E-state index contributed by atoms with van der Waals surface area (Å²) in [6.45, 7) is 0. The van der Waals surface area contributed by atoms with Crippen LogP contribution in [0.4, 0.5) is 0 Å². The van der Waals surface area contributed by atoms with E-state index in [1.807, 2.05) is 0 Å². The molecular weight excluding hydrogens is 254 g/mol. The van der Waals surface area contributed by atoms with Gasteiger partial charge in [-0.25, -0.2) is 0 Å². The van der Waals surface area contributed by atoms with Gasteiger partial charge in [0.1, 0.15) is 11.5 Å². The van der Waals surface area contributed by atoms with E-state index in [-0.39, 0.29) is 11.5 Å². The normalized spacial score (nSPS) is 10.4. The third kappa shape index (κ3) is 2.23. The summed E-state index contributed by atoms with van der Waals surface area (Å²) in [4.78, 5) is 4.14. The first-order valence-electron chi connectivity index (χ1n) is 6.14. The van der Waals surface area contributed by atoms with Crippen molar-refractivity contribution in [2.24, 2.45) is 0 Å². The summed E-state index contributed by atoms with van der Waals surface area (Å²) in [5, 5.41) is 12.8. The van der Waals surface area contributed by atoms with E-state index >= 15 is 0 Å². The monoisotopic (exact) mass is 266 g/mol. The Morgan fingerprint density at radius 3 is 2.45 bits per heavy atom. The Bertz CT molecular complexity index is 738. The summed E-state index contributed by atoms with van der Waals surface area (Å²) in [5.74, 6) is 1.45. The smallest absolute Gasteiger partial charge is 0.230 e. The SMILES string of the molecule is COc1ccc(Oc2ccc3ncccc3c2[O])cc1. The molecule has 0 spiro atoms. The first-order chi connectivity index (χ1) is 9.78. The minimum absolute atomic E-state index is 0.161. The Morgan fingerprint density at radius 2 is 1.70 bits per heavy atom. The Morgan fingerprint density at radius 1 is 0.950 bits per heavy atom. The van der Waals surface area contributed by atoms with E-state index in [0.29, 0.717) is 16.7 Å². The third-order valence-corrected chi connectivity index (χ3v) is 2.99. The van der Waals surface area contributed by atoms with Gasteiger partial charge in [-0.1, -0.05) is 0 Å². The number of methoxy groups -OCH3 is 1. The van der Waals surface area contributed by atoms with Crippen LogP contribution in [0.3, 0.4) is 0 Å². The topological polar surface area (TPSA) is 51.2 Å². The summed E-state index contributed by atoms with van der Waals surface area (Å²) >= 11 is 0. The number of pyridine rings is 1. The van der Waals surface area contributed by atoms with Gasteiger partial charge >= 0.3 is 0 Å². The van der Waals surface area contributed by atoms with Crippen molar-refractivity contribution in [1.29, 1.82) is 0 Å². The van der Waals surface area contributed by atoms with Crippen LogP contribution in [0.25, 0.3) is 10.9 Å². The predicted octanol–water partition coefficient (Wildman–Crippen LogP) is 4.18. The van der Waals surface area contributed by atoms with Crippen molar-refractivity contribution in [2.75, 3.05) is 7.11 Å². The maximum absolute atomic E-state index is 12.3. The molecule has 3 aromatic rings. The molecule has 4 heteroatoms. The van der Waals surface area contributed by atoms with E-state index in [0.717, 1.165) is 5.75 Å². The zero-order valence-electron chi connectivity index (χ0n) is 10.9. The van der Waals surface area contributed by atoms with Crippen LogP contribution in [0, 0.1) is 0 Å². The second-order valence-corrected chi connectivity index (χ2v) is 4.24. The van der Waals surface area contributed by atoms with Crippen molar-refractivity contribution in [3.8, 4) is 23.0 Å². The molecule has 20 heavy (non-hydrogen) atoms. The van der Waals surface area contributed by atoms with Gasteiger partial charge in [0.05, 0.1) is 18.0 Å². The maximum Gasteiger partial charge on any atom is 0.230 e. The van der Waals surface area contributed by atoms with Gasteiger partial charge in [0.25, 0.3) is 0 Å². The number of benzene rings is 2. The Kier molecular flexibility index (Phi) is 3.13. The molecule has 0 amide bonds. The highest BCUT2D eigenvalue weighted by Gasteiger charge is 2.11. The van der Waals surface area contributed by atoms with Gasteiger partial charge in [-0.15, -0.1) is 0 Å². The van der Waals surface area contributed by atoms with Gasteiger partial charge in [-0.3, -0.25) is 10.1 Å². The molecule has 0 saturated carbocycles. The molecule has 0 aliphatic heterocycles. The van der Waals surface area contributed by atoms with Crippen LogP contribution in [-0.2, 0) is 5.11 Å². The van der Waals surface area contributed by atoms with Crippen molar-refractivity contribution in [2.45, 2.75) is 0 Å². The van der Waals surface area contributed by atoms with Crippen LogP contribution in [0.1, 0.15) is 0 Å². The molecule has 4 nitrogen and oxygen atoms in total. The van der Waals surface area contributed by atoms with E-state index in [9.17, 15) is 5.11 Å². The quantitative estimate of drug-likeness (QED) is 0.714. The number of nitrogens with zero attached hydrogens (tertiary/aromatic N) is 1. The molecule has 0 saturated heterocycles. The van der Waals surface area contributed by atoms with Crippen molar-refractivity contribution >= 4 is 10.9 Å². The predicted molar refractivity (Wildman–Crippen MR) is 74.9 cm³/mol. The molecular formula is C16H12NO3. The van der Waals surface area contributed by atoms with Crippen LogP contribution in [0.5, 0.6) is 23.0 Å². The van der Waals surface area contributed by atoms with Crippen molar-refractivity contribution in [1.82, 2.24) is 4.98 Å². The van der Waals surface area contributed by atoms with E-state index in [1.165, 1.54) is 0 Å². The number of ether oxygens (including phenoxy) is 2. The highest BCUT2D eigenvalue weighted by atomic mass is 16.5. The number of hydrogen-bond donors (Lipinski definition) is 0. The zero-order chi connectivity index (χ0) is 13.9. The lowest BCUT2D eigenvalue weighted by molar-refractivity contribution is 0.334. The second kappa shape index (κ2) is 5.09. The van der Waals surface area contributed by atoms with E-state index in [1.54, 1.807) is 61.8 Å². The molecule has 99 valence electrons. The summed E-state index contributed by atoms with van der Waals surface area (Å²) in [7, 11) is 1.60. The van der Waals surface area contributed by atoms with Gasteiger partial charge < -0.3 is 9.47 Å². The number of fused-ring (bicyclic) bond motifs is 1. The molecule has 2 aromatic carbocycles. The summed E-state index contributed by atoms with van der Waals surface area (Å²) in [6, 6.07) is 14.0. The third-order valence-electron chi connectivity index (χ3n) is 2.99. The standard InChI is InChI=1S/C16H12NO3/c1-19-11-4-6-12(7-5-11)20-15-9-8-14-13(16(15)18)3-2-10-17-14/h2-10H,1H3. The van der Waals surface area contributed by atoms with E-state index < -0.39 is 0 Å². The fraction of sp³-hybridized carbons (Fsp3) is 0.0625. The molecule has 1 heterocycles. The lowest BCUT2D eigenvalue weighted by Gasteiger charge is -2.08. The van der Waals surface area contributed by atoms with Crippen LogP contribution in [-0.4, -0.2) is 12.1 Å². The lowest BCUT2D eigenvalue weighted by atomic mass is 10.2. The lowest BCUT2D eigenvalue weighted by Crippen LogP contribution is -1.87. The summed E-state index contributed by atoms with van der Waals surface area (Å²) < 4.78 is 10.7. The van der Waals surface area contributed by atoms with Gasteiger partial charge in [0.15, 0.2) is 5.75 Å². The molecule has 0 fully saturated rings. The Labute approximate surface area is 116 Å². The molecule has 1 aromatic heterocycles. The van der Waals surface area contributed by atoms with E-state index in [4.69, 9.17) is 9.47 Å². The minimum atomic E-state index is -0.161. The Hall–Kier alpha value is -2.75. The first kappa shape index (κ1) is 12.3. The number of rotatable bonds is 3. The molecule has 0 aliphatic rings. The highest BCUT2D eigenvalue weighted by Crippen LogP contribution is 2.37. The molecule has 0 unspecified atom stereocenters. The molecule has 3 rings (SSSR count). The fourth-order valence-corrected chi connectivity index (χ4v) is 1.96. The second-order valence-electron chi connectivity index (χ2n) is 4.24. The van der Waals surface area contributed by atoms with Crippen molar-refractivity contribution < 1.29 is 14.6 Å².